The average molecular weight is 468 g/mol. The van der Waals surface area contributed by atoms with Crippen LogP contribution in [0.5, 0.6) is 23.0 Å². The van der Waals surface area contributed by atoms with Gasteiger partial charge in [0.2, 0.25) is 13.6 Å². The second-order valence-electron chi connectivity index (χ2n) is 8.54. The molecule has 3 aromatic rings. The van der Waals surface area contributed by atoms with Crippen molar-refractivity contribution in [1.29, 1.82) is 0 Å². The molecule has 2 N–H and O–H groups in total. The summed E-state index contributed by atoms with van der Waals surface area (Å²) in [6, 6.07) is 11.4. The monoisotopic (exact) mass is 467 g/mol. The van der Waals surface area contributed by atoms with Crippen molar-refractivity contribution in [3.8, 4) is 23.0 Å². The van der Waals surface area contributed by atoms with Crippen LogP contribution < -0.4 is 29.8 Å². The van der Waals surface area contributed by atoms with Gasteiger partial charge in [-0.25, -0.2) is 0 Å². The first kappa shape index (κ1) is 21.4. The van der Waals surface area contributed by atoms with Gasteiger partial charge < -0.3 is 34.1 Å². The maximum atomic E-state index is 12.9. The predicted molar refractivity (Wildman–Crippen MR) is 128 cm³/mol. The van der Waals surface area contributed by atoms with Crippen LogP contribution in [-0.4, -0.2) is 35.1 Å². The zero-order chi connectivity index (χ0) is 22.9. The van der Waals surface area contributed by atoms with Gasteiger partial charge in [-0.2, -0.15) is 0 Å². The third-order valence-corrected chi connectivity index (χ3v) is 5.94. The minimum atomic E-state index is -0.163. The van der Waals surface area contributed by atoms with Gasteiger partial charge in [-0.15, -0.1) is 0 Å². The van der Waals surface area contributed by atoms with Gasteiger partial charge >= 0.3 is 0 Å². The van der Waals surface area contributed by atoms with E-state index in [0.717, 1.165) is 23.2 Å². The van der Waals surface area contributed by atoms with Crippen LogP contribution >= 0.6 is 12.2 Å². The molecule has 1 aromatic heterocycles. The van der Waals surface area contributed by atoms with Gasteiger partial charge in [-0.1, -0.05) is 19.9 Å². The molecular formula is C24H25N3O5S. The summed E-state index contributed by atoms with van der Waals surface area (Å²) >= 11 is 5.71. The molecule has 0 amide bonds. The van der Waals surface area contributed by atoms with E-state index in [4.69, 9.17) is 31.2 Å². The fourth-order valence-electron chi connectivity index (χ4n) is 3.83. The van der Waals surface area contributed by atoms with Gasteiger partial charge in [0.05, 0.1) is 12.1 Å². The summed E-state index contributed by atoms with van der Waals surface area (Å²) in [5.41, 5.74) is 2.16. The predicted octanol–water partition coefficient (Wildman–Crippen LogP) is 3.52. The van der Waals surface area contributed by atoms with Crippen molar-refractivity contribution in [1.82, 2.24) is 15.2 Å². The number of nitrogens with zero attached hydrogens (tertiary/aromatic N) is 1. The number of thiocarbonyl (C=S) groups is 1. The molecule has 0 spiro atoms. The minimum Gasteiger partial charge on any atom is -0.454 e. The van der Waals surface area contributed by atoms with Gasteiger partial charge in [-0.05, 0) is 48.0 Å². The molecule has 2 aliphatic heterocycles. The second kappa shape index (κ2) is 8.82. The molecule has 8 nitrogen and oxygen atoms in total. The molecule has 0 saturated heterocycles. The Hall–Kier alpha value is -3.46. The smallest absolute Gasteiger partial charge is 0.253 e. The Kier molecular flexibility index (Phi) is 5.72. The molecule has 0 radical (unpaired) electrons. The first-order valence-electron chi connectivity index (χ1n) is 10.8. The normalized spacial score (nSPS) is 13.5. The number of pyridine rings is 1. The molecule has 0 saturated carbocycles. The Bertz CT molecular complexity index is 1270. The lowest BCUT2D eigenvalue weighted by molar-refractivity contribution is 0.173. The Morgan fingerprint density at radius 3 is 2.45 bits per heavy atom. The third-order valence-electron chi connectivity index (χ3n) is 5.53. The zero-order valence-corrected chi connectivity index (χ0v) is 19.3. The van der Waals surface area contributed by atoms with E-state index < -0.39 is 0 Å². The molecule has 2 aromatic carbocycles. The summed E-state index contributed by atoms with van der Waals surface area (Å²) in [5, 5.41) is 4.78. The van der Waals surface area contributed by atoms with Crippen LogP contribution in [0.2, 0.25) is 0 Å². The topological polar surface area (TPSA) is 85.1 Å². The maximum absolute atomic E-state index is 12.9. The van der Waals surface area contributed by atoms with Crippen LogP contribution in [0.4, 0.5) is 0 Å². The molecule has 2 aliphatic rings. The molecule has 0 aliphatic carbocycles. The van der Waals surface area contributed by atoms with Crippen molar-refractivity contribution in [2.75, 3.05) is 20.1 Å². The van der Waals surface area contributed by atoms with Crippen molar-refractivity contribution >= 4 is 28.2 Å². The first-order valence-corrected chi connectivity index (χ1v) is 11.2. The van der Waals surface area contributed by atoms with E-state index in [1.807, 2.05) is 35.2 Å². The highest BCUT2D eigenvalue weighted by Gasteiger charge is 2.19. The Morgan fingerprint density at radius 2 is 1.70 bits per heavy atom. The van der Waals surface area contributed by atoms with Crippen molar-refractivity contribution in [2.24, 2.45) is 5.92 Å². The SMILES string of the molecule is CC(C)CNC(=S)N(Cc1ccc2c(c1)OCO2)Cc1cc2cc3c(cc2[nH]c1=O)OCO3. The summed E-state index contributed by atoms with van der Waals surface area (Å²) in [6.07, 6.45) is 0. The fraction of sp³-hybridized carbons (Fsp3) is 0.333. The highest BCUT2D eigenvalue weighted by molar-refractivity contribution is 7.80. The lowest BCUT2D eigenvalue weighted by atomic mass is 10.1. The van der Waals surface area contributed by atoms with Crippen LogP contribution in [0.3, 0.4) is 0 Å². The molecule has 33 heavy (non-hydrogen) atoms. The lowest BCUT2D eigenvalue weighted by Gasteiger charge is -2.26. The molecule has 9 heteroatoms. The van der Waals surface area contributed by atoms with Crippen molar-refractivity contribution in [3.05, 3.63) is 57.9 Å². The Morgan fingerprint density at radius 1 is 1.00 bits per heavy atom. The van der Waals surface area contributed by atoms with E-state index in [9.17, 15) is 4.79 Å². The maximum Gasteiger partial charge on any atom is 0.253 e. The minimum absolute atomic E-state index is 0.163. The largest absolute Gasteiger partial charge is 0.454 e. The summed E-state index contributed by atoms with van der Waals surface area (Å²) in [4.78, 5) is 17.9. The zero-order valence-electron chi connectivity index (χ0n) is 18.5. The van der Waals surface area contributed by atoms with Crippen LogP contribution in [0.25, 0.3) is 10.9 Å². The van der Waals surface area contributed by atoms with Gasteiger partial charge in [0, 0.05) is 30.1 Å². The van der Waals surface area contributed by atoms with Gasteiger partial charge in [0.1, 0.15) is 0 Å². The fourth-order valence-corrected chi connectivity index (χ4v) is 4.04. The molecule has 0 unspecified atom stereocenters. The van der Waals surface area contributed by atoms with E-state index in [1.54, 1.807) is 6.07 Å². The van der Waals surface area contributed by atoms with Crippen LogP contribution in [-0.2, 0) is 13.1 Å². The van der Waals surface area contributed by atoms with E-state index >= 15 is 0 Å². The number of nitrogens with one attached hydrogen (secondary N) is 2. The molecule has 3 heterocycles. The lowest BCUT2D eigenvalue weighted by Crippen LogP contribution is -2.41. The highest BCUT2D eigenvalue weighted by atomic mass is 32.1. The second-order valence-corrected chi connectivity index (χ2v) is 8.93. The molecule has 5 rings (SSSR count). The van der Waals surface area contributed by atoms with E-state index in [0.29, 0.717) is 52.4 Å². The molecule has 0 bridgehead atoms. The van der Waals surface area contributed by atoms with Crippen molar-refractivity contribution < 1.29 is 18.9 Å². The summed E-state index contributed by atoms with van der Waals surface area (Å²) < 4.78 is 21.8. The number of aromatic nitrogens is 1. The van der Waals surface area contributed by atoms with E-state index in [-0.39, 0.29) is 19.1 Å². The number of hydrogen-bond donors (Lipinski definition) is 2. The Labute approximate surface area is 196 Å². The van der Waals surface area contributed by atoms with Gasteiger partial charge in [-0.3, -0.25) is 4.79 Å². The van der Waals surface area contributed by atoms with E-state index in [2.05, 4.69) is 24.1 Å². The Balaban J connectivity index is 1.44. The number of aromatic amines is 1. The highest BCUT2D eigenvalue weighted by Crippen LogP contribution is 2.35. The number of ether oxygens (including phenoxy) is 4. The molecular weight excluding hydrogens is 442 g/mol. The van der Waals surface area contributed by atoms with Crippen molar-refractivity contribution in [2.45, 2.75) is 26.9 Å². The summed E-state index contributed by atoms with van der Waals surface area (Å²) in [7, 11) is 0. The van der Waals surface area contributed by atoms with Crippen molar-refractivity contribution in [3.63, 3.8) is 0 Å². The molecule has 172 valence electrons. The first-order chi connectivity index (χ1) is 16.0. The average Bonchev–Trinajstić information content (AvgIpc) is 3.44. The third kappa shape index (κ3) is 4.54. The standard InChI is InChI=1S/C24H25N3O5S/c1-14(2)9-25-24(33)27(10-15-3-4-19-20(5-15)30-12-29-19)11-17-6-16-7-21-22(32-13-31-21)8-18(16)26-23(17)28/h3-8,14H,9-13H2,1-2H3,(H,25,33)(H,26,28). The number of H-pyrrole nitrogens is 1. The quantitative estimate of drug-likeness (QED) is 0.533. The molecule has 0 atom stereocenters. The number of fused-ring (bicyclic) bond motifs is 3. The van der Waals surface area contributed by atoms with Gasteiger partial charge in [0.15, 0.2) is 28.1 Å². The number of benzene rings is 2. The van der Waals surface area contributed by atoms with E-state index in [1.165, 1.54) is 0 Å². The van der Waals surface area contributed by atoms with Crippen LogP contribution in [0.15, 0.2) is 41.2 Å². The van der Waals surface area contributed by atoms with Crippen LogP contribution in [0.1, 0.15) is 25.0 Å². The summed E-state index contributed by atoms with van der Waals surface area (Å²) in [6.45, 7) is 6.25. The summed E-state index contributed by atoms with van der Waals surface area (Å²) in [5.74, 6) is 3.19. The van der Waals surface area contributed by atoms with Gasteiger partial charge in [0.25, 0.3) is 5.56 Å². The molecule has 0 fully saturated rings. The number of rotatable bonds is 6. The number of hydrogen-bond acceptors (Lipinski definition) is 6. The van der Waals surface area contributed by atoms with Crippen LogP contribution in [0, 0.1) is 5.92 Å².